The van der Waals surface area contributed by atoms with E-state index in [1.165, 1.54) is 30.7 Å². The minimum absolute atomic E-state index is 0.219. The molecule has 190 valence electrons. The zero-order chi connectivity index (χ0) is 26.6. The maximum absolute atomic E-state index is 13.3. The van der Waals surface area contributed by atoms with E-state index < -0.39 is 0 Å². The number of aromatic nitrogens is 3. The first-order valence-electron chi connectivity index (χ1n) is 12.0. The number of nitrogens with one attached hydrogen (secondary N) is 2. The molecule has 1 aliphatic heterocycles. The lowest BCUT2D eigenvalue weighted by atomic mass is 10.1. The molecular weight excluding hydrogens is 501 g/mol. The van der Waals surface area contributed by atoms with Gasteiger partial charge in [0, 0.05) is 28.3 Å². The zero-order valence-corrected chi connectivity index (χ0v) is 21.3. The van der Waals surface area contributed by atoms with Crippen LogP contribution in [0.25, 0.3) is 15.8 Å². The van der Waals surface area contributed by atoms with Gasteiger partial charge in [-0.1, -0.05) is 24.3 Å². The Labute approximate surface area is 223 Å². The normalized spacial score (nSPS) is 15.5. The Kier molecular flexibility index (Phi) is 7.20. The molecule has 8 nitrogen and oxygen atoms in total. The first-order chi connectivity index (χ1) is 18.4. The molecule has 0 saturated carbocycles. The van der Waals surface area contributed by atoms with Crippen molar-refractivity contribution in [1.82, 2.24) is 20.3 Å². The summed E-state index contributed by atoms with van der Waals surface area (Å²) in [5.41, 5.74) is 9.21. The van der Waals surface area contributed by atoms with E-state index in [2.05, 4.69) is 31.7 Å². The van der Waals surface area contributed by atoms with Crippen molar-refractivity contribution in [3.05, 3.63) is 95.2 Å². The maximum atomic E-state index is 13.3. The number of carbonyl (C=O) groups excluding carboxylic acids is 1. The number of allylic oxidation sites excluding steroid dienone is 1. The number of anilines is 2. The molecule has 0 aliphatic carbocycles. The molecule has 4 aromatic rings. The number of fused-ring (bicyclic) bond motifs is 1. The van der Waals surface area contributed by atoms with Crippen LogP contribution in [-0.2, 0) is 0 Å². The van der Waals surface area contributed by atoms with Crippen molar-refractivity contribution in [2.75, 3.05) is 17.6 Å². The first kappa shape index (κ1) is 25.2. The van der Waals surface area contributed by atoms with Crippen LogP contribution in [0.15, 0.2) is 67.1 Å². The van der Waals surface area contributed by atoms with Gasteiger partial charge in [-0.25, -0.2) is 19.3 Å². The number of nitrogens with zero attached hydrogens (tertiary/aromatic N) is 4. The highest BCUT2D eigenvalue weighted by Gasteiger charge is 2.22. The van der Waals surface area contributed by atoms with Crippen LogP contribution >= 0.6 is 11.8 Å². The Balaban J connectivity index is 1.26. The summed E-state index contributed by atoms with van der Waals surface area (Å²) in [6.45, 7) is 2.38. The van der Waals surface area contributed by atoms with Gasteiger partial charge in [-0.3, -0.25) is 4.79 Å². The number of halogens is 1. The Hall–Kier alpha value is -4.49. The fraction of sp³-hybridized carbons (Fsp3) is 0.179. The van der Waals surface area contributed by atoms with Crippen LogP contribution < -0.4 is 16.4 Å². The Morgan fingerprint density at radius 3 is 2.82 bits per heavy atom. The number of hydrogen-bond donors (Lipinski definition) is 3. The van der Waals surface area contributed by atoms with E-state index >= 15 is 0 Å². The van der Waals surface area contributed by atoms with Crippen LogP contribution in [0.3, 0.4) is 0 Å². The van der Waals surface area contributed by atoms with Crippen LogP contribution in [-0.4, -0.2) is 32.7 Å². The van der Waals surface area contributed by atoms with Crippen molar-refractivity contribution >= 4 is 45.1 Å². The molecule has 2 aromatic carbocycles. The molecular formula is C28H24FN7OS. The number of carbonyl (C=O) groups is 1. The Morgan fingerprint density at radius 2 is 2.03 bits per heavy atom. The second-order valence-corrected chi connectivity index (χ2v) is 10.2. The van der Waals surface area contributed by atoms with Gasteiger partial charge in [0.2, 0.25) is 0 Å². The summed E-state index contributed by atoms with van der Waals surface area (Å²) in [4.78, 5) is 27.0. The average Bonchev–Trinajstić information content (AvgIpc) is 3.41. The molecule has 38 heavy (non-hydrogen) atoms. The number of rotatable bonds is 7. The molecule has 1 aliphatic rings. The Morgan fingerprint density at radius 1 is 1.21 bits per heavy atom. The fourth-order valence-electron chi connectivity index (χ4n) is 4.21. The van der Waals surface area contributed by atoms with E-state index in [9.17, 15) is 14.4 Å². The van der Waals surface area contributed by atoms with E-state index in [1.807, 2.05) is 31.2 Å². The topological polar surface area (TPSA) is 130 Å². The standard InChI is InChI=1S/C28H24FN7OS/c1-16(18-2-5-20(29)6-3-18)36-28(37)23-10-17(12-30)13-32-27(23)33-14-21-7-9-25(38-21)19-4-8-24-22(11-19)26(31)35-15-34-24/h2-6,8-11,13,15-16,21H,7,14H2,1H3,(H,32,33)(H,36,37)(H2,31,34,35)/t16-,21?/m0/s1. The smallest absolute Gasteiger partial charge is 0.255 e. The van der Waals surface area contributed by atoms with Crippen LogP contribution in [0.2, 0.25) is 0 Å². The third-order valence-electron chi connectivity index (χ3n) is 6.29. The number of pyridine rings is 1. The molecule has 3 heterocycles. The van der Waals surface area contributed by atoms with Gasteiger partial charge in [-0.05, 0) is 54.8 Å². The molecule has 0 fully saturated rings. The van der Waals surface area contributed by atoms with Gasteiger partial charge in [0.05, 0.1) is 22.7 Å². The zero-order valence-electron chi connectivity index (χ0n) is 20.5. The highest BCUT2D eigenvalue weighted by molar-refractivity contribution is 8.09. The van der Waals surface area contributed by atoms with Crippen LogP contribution in [0.1, 0.15) is 46.4 Å². The number of nitrogen functional groups attached to an aromatic ring is 1. The summed E-state index contributed by atoms with van der Waals surface area (Å²) in [5.74, 6) is 0.135. The summed E-state index contributed by atoms with van der Waals surface area (Å²) in [6.07, 6.45) is 5.92. The lowest BCUT2D eigenvalue weighted by Gasteiger charge is -2.18. The van der Waals surface area contributed by atoms with Crippen molar-refractivity contribution in [2.45, 2.75) is 24.6 Å². The summed E-state index contributed by atoms with van der Waals surface area (Å²) >= 11 is 1.73. The van der Waals surface area contributed by atoms with Crippen LogP contribution in [0, 0.1) is 17.1 Å². The van der Waals surface area contributed by atoms with Gasteiger partial charge in [-0.2, -0.15) is 5.26 Å². The Bertz CT molecular complexity index is 1580. The number of amides is 1. The van der Waals surface area contributed by atoms with E-state index in [4.69, 9.17) is 5.73 Å². The van der Waals surface area contributed by atoms with Gasteiger partial charge in [-0.15, -0.1) is 11.8 Å². The quantitative estimate of drug-likeness (QED) is 0.305. The molecule has 2 atom stereocenters. The lowest BCUT2D eigenvalue weighted by Crippen LogP contribution is -2.28. The number of nitrogens with two attached hydrogens (primary N) is 1. The predicted molar refractivity (Wildman–Crippen MR) is 148 cm³/mol. The van der Waals surface area contributed by atoms with E-state index in [1.54, 1.807) is 23.9 Å². The fourth-order valence-corrected chi connectivity index (χ4v) is 5.39. The summed E-state index contributed by atoms with van der Waals surface area (Å²) in [6, 6.07) is 15.1. The monoisotopic (exact) mass is 525 g/mol. The third-order valence-corrected chi connectivity index (χ3v) is 7.64. The predicted octanol–water partition coefficient (Wildman–Crippen LogP) is 5.07. The van der Waals surface area contributed by atoms with Crippen molar-refractivity contribution in [3.63, 3.8) is 0 Å². The molecule has 0 spiro atoms. The van der Waals surface area contributed by atoms with E-state index in [-0.39, 0.29) is 34.1 Å². The summed E-state index contributed by atoms with van der Waals surface area (Å²) in [7, 11) is 0. The largest absolute Gasteiger partial charge is 0.383 e. The van der Waals surface area contributed by atoms with Crippen molar-refractivity contribution in [2.24, 2.45) is 0 Å². The number of benzene rings is 2. The second kappa shape index (κ2) is 10.9. The molecule has 0 saturated heterocycles. The van der Waals surface area contributed by atoms with Gasteiger partial charge >= 0.3 is 0 Å². The molecule has 10 heteroatoms. The van der Waals surface area contributed by atoms with Gasteiger partial charge < -0.3 is 16.4 Å². The SMILES string of the molecule is C[C@H](NC(=O)c1cc(C#N)cnc1NCC1CC=C(c2ccc3ncnc(N)c3c2)S1)c1ccc(F)cc1. The number of hydrogen-bond acceptors (Lipinski definition) is 8. The lowest BCUT2D eigenvalue weighted by molar-refractivity contribution is 0.0940. The molecule has 1 unspecified atom stereocenters. The second-order valence-electron chi connectivity index (χ2n) is 8.89. The molecule has 5 rings (SSSR count). The van der Waals surface area contributed by atoms with Gasteiger partial charge in [0.15, 0.2) is 0 Å². The first-order valence-corrected chi connectivity index (χ1v) is 12.9. The van der Waals surface area contributed by atoms with Crippen molar-refractivity contribution in [3.8, 4) is 6.07 Å². The average molecular weight is 526 g/mol. The van der Waals surface area contributed by atoms with Gasteiger partial charge in [0.1, 0.15) is 29.8 Å². The molecule has 4 N–H and O–H groups in total. The highest BCUT2D eigenvalue weighted by atomic mass is 32.2. The summed E-state index contributed by atoms with van der Waals surface area (Å²) in [5, 5.41) is 16.6. The third kappa shape index (κ3) is 5.43. The number of thioether (sulfide) groups is 1. The minimum Gasteiger partial charge on any atom is -0.383 e. The molecule has 2 aromatic heterocycles. The van der Waals surface area contributed by atoms with E-state index in [0.29, 0.717) is 18.2 Å². The minimum atomic E-state index is -0.372. The molecule has 0 bridgehead atoms. The summed E-state index contributed by atoms with van der Waals surface area (Å²) < 4.78 is 13.3. The van der Waals surface area contributed by atoms with Gasteiger partial charge in [0.25, 0.3) is 5.91 Å². The number of nitriles is 1. The maximum Gasteiger partial charge on any atom is 0.255 e. The van der Waals surface area contributed by atoms with E-state index in [0.717, 1.165) is 33.4 Å². The van der Waals surface area contributed by atoms with Crippen LogP contribution in [0.4, 0.5) is 16.0 Å². The van der Waals surface area contributed by atoms with Crippen molar-refractivity contribution in [1.29, 1.82) is 5.26 Å². The molecule has 1 amide bonds. The van der Waals surface area contributed by atoms with Crippen molar-refractivity contribution < 1.29 is 9.18 Å². The van der Waals surface area contributed by atoms with Crippen LogP contribution in [0.5, 0.6) is 0 Å². The molecule has 0 radical (unpaired) electrons. The highest BCUT2D eigenvalue weighted by Crippen LogP contribution is 2.40.